The van der Waals surface area contributed by atoms with Crippen molar-refractivity contribution in [3.8, 4) is 5.75 Å². The Balaban J connectivity index is 2.13. The van der Waals surface area contributed by atoms with E-state index in [9.17, 15) is 9.59 Å². The van der Waals surface area contributed by atoms with Crippen molar-refractivity contribution in [2.75, 3.05) is 6.61 Å². The predicted molar refractivity (Wildman–Crippen MR) is 78.2 cm³/mol. The molecule has 108 valence electrons. The van der Waals surface area contributed by atoms with Crippen LogP contribution in [0, 0.1) is 0 Å². The lowest BCUT2D eigenvalue weighted by Gasteiger charge is -2.10. The van der Waals surface area contributed by atoms with E-state index in [1.54, 1.807) is 31.2 Å². The second-order valence-electron chi connectivity index (χ2n) is 4.32. The summed E-state index contributed by atoms with van der Waals surface area (Å²) in [5.74, 6) is -1.19. The van der Waals surface area contributed by atoms with Gasteiger partial charge in [-0.15, -0.1) is 0 Å². The van der Waals surface area contributed by atoms with Crippen molar-refractivity contribution >= 4 is 11.8 Å². The summed E-state index contributed by atoms with van der Waals surface area (Å²) >= 11 is 0. The number of ketones is 1. The number of esters is 1. The fourth-order valence-electron chi connectivity index (χ4n) is 1.82. The van der Waals surface area contributed by atoms with E-state index in [1.807, 2.05) is 30.3 Å². The Hall–Kier alpha value is -2.62. The molecule has 0 saturated carbocycles. The van der Waals surface area contributed by atoms with Gasteiger partial charge in [0.05, 0.1) is 12.2 Å². The van der Waals surface area contributed by atoms with E-state index in [1.165, 1.54) is 0 Å². The van der Waals surface area contributed by atoms with Crippen molar-refractivity contribution in [3.63, 3.8) is 0 Å². The van der Waals surface area contributed by atoms with Crippen LogP contribution in [0.1, 0.15) is 22.8 Å². The third-order valence-corrected chi connectivity index (χ3v) is 2.83. The number of rotatable bonds is 6. The SMILES string of the molecule is CCOC(=O)C(=O)c1ccccc1OCc1ccccc1. The zero-order valence-electron chi connectivity index (χ0n) is 11.7. The minimum Gasteiger partial charge on any atom is -0.488 e. The molecule has 0 heterocycles. The number of benzene rings is 2. The number of carbonyl (C=O) groups excluding carboxylic acids is 2. The Morgan fingerprint density at radius 1 is 0.952 bits per heavy atom. The third-order valence-electron chi connectivity index (χ3n) is 2.83. The van der Waals surface area contributed by atoms with Crippen molar-refractivity contribution in [3.05, 3.63) is 65.7 Å². The summed E-state index contributed by atoms with van der Waals surface area (Å²) in [5.41, 5.74) is 1.20. The summed E-state index contributed by atoms with van der Waals surface area (Å²) in [5, 5.41) is 0. The van der Waals surface area contributed by atoms with Crippen LogP contribution in [-0.4, -0.2) is 18.4 Å². The van der Waals surface area contributed by atoms with Crippen LogP contribution in [0.4, 0.5) is 0 Å². The van der Waals surface area contributed by atoms with Crippen molar-refractivity contribution < 1.29 is 19.1 Å². The summed E-state index contributed by atoms with van der Waals surface area (Å²) in [6.45, 7) is 2.15. The molecule has 0 N–H and O–H groups in total. The zero-order valence-corrected chi connectivity index (χ0v) is 11.7. The first-order valence-corrected chi connectivity index (χ1v) is 6.69. The molecule has 0 bridgehead atoms. The lowest BCUT2D eigenvalue weighted by Crippen LogP contribution is -2.18. The first-order valence-electron chi connectivity index (χ1n) is 6.69. The van der Waals surface area contributed by atoms with Gasteiger partial charge in [0.1, 0.15) is 12.4 Å². The Bertz CT molecular complexity index is 620. The van der Waals surface area contributed by atoms with E-state index >= 15 is 0 Å². The van der Waals surface area contributed by atoms with Gasteiger partial charge in [-0.25, -0.2) is 4.79 Å². The van der Waals surface area contributed by atoms with E-state index in [4.69, 9.17) is 9.47 Å². The molecule has 2 aromatic rings. The van der Waals surface area contributed by atoms with Crippen LogP contribution in [0.3, 0.4) is 0 Å². The maximum absolute atomic E-state index is 12.0. The Morgan fingerprint density at radius 2 is 1.62 bits per heavy atom. The number of ether oxygens (including phenoxy) is 2. The van der Waals surface area contributed by atoms with Gasteiger partial charge in [-0.2, -0.15) is 0 Å². The van der Waals surface area contributed by atoms with E-state index in [0.29, 0.717) is 12.4 Å². The Kier molecular flexibility index (Phi) is 5.10. The van der Waals surface area contributed by atoms with Crippen LogP contribution in [-0.2, 0) is 16.1 Å². The minimum absolute atomic E-state index is 0.164. The molecule has 2 rings (SSSR count). The molecule has 4 nitrogen and oxygen atoms in total. The summed E-state index contributed by atoms with van der Waals surface area (Å²) in [6, 6.07) is 16.2. The molecule has 0 atom stereocenters. The average Bonchev–Trinajstić information content (AvgIpc) is 2.54. The smallest absolute Gasteiger partial charge is 0.379 e. The lowest BCUT2D eigenvalue weighted by atomic mass is 10.1. The van der Waals surface area contributed by atoms with E-state index in [2.05, 4.69) is 0 Å². The highest BCUT2D eigenvalue weighted by Crippen LogP contribution is 2.20. The van der Waals surface area contributed by atoms with E-state index in [0.717, 1.165) is 5.56 Å². The lowest BCUT2D eigenvalue weighted by molar-refractivity contribution is -0.137. The van der Waals surface area contributed by atoms with Gasteiger partial charge in [-0.3, -0.25) is 4.79 Å². The molecular formula is C17H16O4. The number of Topliss-reactive ketones (excluding diaryl/α,β-unsaturated/α-hetero) is 1. The van der Waals surface area contributed by atoms with Gasteiger partial charge >= 0.3 is 5.97 Å². The molecule has 0 saturated heterocycles. The molecule has 0 amide bonds. The molecule has 4 heteroatoms. The highest BCUT2D eigenvalue weighted by Gasteiger charge is 2.21. The summed E-state index contributed by atoms with van der Waals surface area (Å²) in [4.78, 5) is 23.6. The van der Waals surface area contributed by atoms with Crippen molar-refractivity contribution in [2.24, 2.45) is 0 Å². The summed E-state index contributed by atoms with van der Waals surface area (Å²) in [6.07, 6.45) is 0. The first kappa shape index (κ1) is 14.8. The average molecular weight is 284 g/mol. The number of para-hydroxylation sites is 1. The second kappa shape index (κ2) is 7.24. The number of carbonyl (C=O) groups is 2. The highest BCUT2D eigenvalue weighted by molar-refractivity contribution is 6.41. The van der Waals surface area contributed by atoms with Crippen LogP contribution in [0.15, 0.2) is 54.6 Å². The number of hydrogen-bond donors (Lipinski definition) is 0. The van der Waals surface area contributed by atoms with Gasteiger partial charge in [-0.1, -0.05) is 42.5 Å². The van der Waals surface area contributed by atoms with Crippen LogP contribution < -0.4 is 4.74 Å². The molecule has 21 heavy (non-hydrogen) atoms. The number of hydrogen-bond acceptors (Lipinski definition) is 4. The topological polar surface area (TPSA) is 52.6 Å². The standard InChI is InChI=1S/C17H16O4/c1-2-20-17(19)16(18)14-10-6-7-11-15(14)21-12-13-8-4-3-5-9-13/h3-11H,2,12H2,1H3. The first-order chi connectivity index (χ1) is 10.2. The monoisotopic (exact) mass is 284 g/mol. The van der Waals surface area contributed by atoms with Crippen LogP contribution in [0.5, 0.6) is 5.75 Å². The minimum atomic E-state index is -0.867. The predicted octanol–water partition coefficient (Wildman–Crippen LogP) is 3.01. The molecule has 0 fully saturated rings. The molecule has 0 aliphatic carbocycles. The second-order valence-corrected chi connectivity index (χ2v) is 4.32. The van der Waals surface area contributed by atoms with Crippen LogP contribution in [0.25, 0.3) is 0 Å². The maximum Gasteiger partial charge on any atom is 0.379 e. The van der Waals surface area contributed by atoms with Crippen LogP contribution >= 0.6 is 0 Å². The fourth-order valence-corrected chi connectivity index (χ4v) is 1.82. The molecule has 0 aromatic heterocycles. The summed E-state index contributed by atoms with van der Waals surface area (Å²) < 4.78 is 10.4. The molecular weight excluding hydrogens is 268 g/mol. The van der Waals surface area contributed by atoms with Crippen molar-refractivity contribution in [2.45, 2.75) is 13.5 Å². The molecule has 0 radical (unpaired) electrons. The van der Waals surface area contributed by atoms with Crippen molar-refractivity contribution in [1.82, 2.24) is 0 Å². The normalized spacial score (nSPS) is 9.95. The fraction of sp³-hybridized carbons (Fsp3) is 0.176. The Morgan fingerprint density at radius 3 is 2.33 bits per heavy atom. The molecule has 2 aromatic carbocycles. The molecule has 0 spiro atoms. The van der Waals surface area contributed by atoms with Crippen molar-refractivity contribution in [1.29, 1.82) is 0 Å². The Labute approximate surface area is 123 Å². The van der Waals surface area contributed by atoms with Gasteiger partial charge in [0, 0.05) is 0 Å². The van der Waals surface area contributed by atoms with Gasteiger partial charge in [0.2, 0.25) is 0 Å². The molecule has 0 aliphatic heterocycles. The quantitative estimate of drug-likeness (QED) is 0.465. The molecule has 0 unspecified atom stereocenters. The van der Waals surface area contributed by atoms with E-state index < -0.39 is 11.8 Å². The largest absolute Gasteiger partial charge is 0.488 e. The van der Waals surface area contributed by atoms with E-state index in [-0.39, 0.29) is 12.2 Å². The van der Waals surface area contributed by atoms with Gasteiger partial charge in [0.25, 0.3) is 5.78 Å². The zero-order chi connectivity index (χ0) is 15.1. The van der Waals surface area contributed by atoms with Gasteiger partial charge < -0.3 is 9.47 Å². The third kappa shape index (κ3) is 3.92. The highest BCUT2D eigenvalue weighted by atomic mass is 16.5. The summed E-state index contributed by atoms with van der Waals surface area (Å²) in [7, 11) is 0. The van der Waals surface area contributed by atoms with Crippen LogP contribution in [0.2, 0.25) is 0 Å². The van der Waals surface area contributed by atoms with Gasteiger partial charge in [0.15, 0.2) is 0 Å². The van der Waals surface area contributed by atoms with Gasteiger partial charge in [-0.05, 0) is 24.6 Å². The molecule has 0 aliphatic rings. The maximum atomic E-state index is 12.0.